The molecular weight excluding hydrogens is 374 g/mol. The van der Waals surface area contributed by atoms with Crippen molar-refractivity contribution in [3.8, 4) is 5.75 Å². The monoisotopic (exact) mass is 407 g/mol. The minimum Gasteiger partial charge on any atom is -0.508 e. The van der Waals surface area contributed by atoms with Gasteiger partial charge in [-0.3, -0.25) is 4.90 Å². The van der Waals surface area contributed by atoms with Gasteiger partial charge in [-0.2, -0.15) is 12.7 Å². The lowest BCUT2D eigenvalue weighted by atomic mass is 9.56. The number of fused-ring (bicyclic) bond motifs is 4. The summed E-state index contributed by atoms with van der Waals surface area (Å²) in [7, 11) is -0.337. The van der Waals surface area contributed by atoms with Crippen molar-refractivity contribution >= 4 is 10.2 Å². The highest BCUT2D eigenvalue weighted by Crippen LogP contribution is 2.52. The van der Waals surface area contributed by atoms with Crippen LogP contribution in [0.25, 0.3) is 0 Å². The van der Waals surface area contributed by atoms with E-state index < -0.39 is 10.2 Å². The predicted molar refractivity (Wildman–Crippen MR) is 111 cm³/mol. The SMILES string of the molecule is C[C@H]1[C@H]2Cc3ccc(O)cc3C1(CCNS(=O)(=O)N(C)C)CCN2CC1CC1. The van der Waals surface area contributed by atoms with Gasteiger partial charge < -0.3 is 5.11 Å². The molecule has 7 heteroatoms. The van der Waals surface area contributed by atoms with Crippen LogP contribution in [0.3, 0.4) is 0 Å². The average Bonchev–Trinajstić information content (AvgIpc) is 3.44. The number of hydrogen-bond donors (Lipinski definition) is 2. The van der Waals surface area contributed by atoms with Crippen molar-refractivity contribution in [2.45, 2.75) is 50.5 Å². The third-order valence-corrected chi connectivity index (χ3v) is 8.88. The van der Waals surface area contributed by atoms with E-state index in [9.17, 15) is 13.5 Å². The Labute approximate surface area is 169 Å². The van der Waals surface area contributed by atoms with E-state index in [4.69, 9.17) is 0 Å². The normalized spacial score (nSPS) is 30.4. The number of nitrogens with one attached hydrogen (secondary N) is 1. The predicted octanol–water partition coefficient (Wildman–Crippen LogP) is 2.09. The zero-order valence-electron chi connectivity index (χ0n) is 17.2. The van der Waals surface area contributed by atoms with Crippen LogP contribution in [0, 0.1) is 11.8 Å². The van der Waals surface area contributed by atoms with Crippen molar-refractivity contribution < 1.29 is 13.5 Å². The van der Waals surface area contributed by atoms with E-state index >= 15 is 0 Å². The van der Waals surface area contributed by atoms with E-state index in [1.807, 2.05) is 6.07 Å². The Morgan fingerprint density at radius 1 is 1.32 bits per heavy atom. The Balaban J connectivity index is 1.62. The number of benzene rings is 1. The van der Waals surface area contributed by atoms with Gasteiger partial charge in [-0.05, 0) is 73.7 Å². The summed E-state index contributed by atoms with van der Waals surface area (Å²) in [6, 6.07) is 6.29. The van der Waals surface area contributed by atoms with Crippen molar-refractivity contribution in [2.24, 2.45) is 11.8 Å². The van der Waals surface area contributed by atoms with Crippen molar-refractivity contribution in [1.82, 2.24) is 13.9 Å². The second kappa shape index (κ2) is 7.27. The number of phenols is 1. The molecule has 4 rings (SSSR count). The van der Waals surface area contributed by atoms with Crippen LogP contribution in [0.5, 0.6) is 5.75 Å². The average molecular weight is 408 g/mol. The Kier molecular flexibility index (Phi) is 5.23. The van der Waals surface area contributed by atoms with Crippen LogP contribution in [0.15, 0.2) is 18.2 Å². The molecule has 6 nitrogen and oxygen atoms in total. The lowest BCUT2D eigenvalue weighted by molar-refractivity contribution is 0.0164. The van der Waals surface area contributed by atoms with Gasteiger partial charge in [0.2, 0.25) is 0 Å². The largest absolute Gasteiger partial charge is 0.508 e. The number of piperidine rings is 1. The summed E-state index contributed by atoms with van der Waals surface area (Å²) < 4.78 is 28.3. The minimum atomic E-state index is -3.43. The fourth-order valence-electron chi connectivity index (χ4n) is 5.42. The van der Waals surface area contributed by atoms with Gasteiger partial charge in [0.15, 0.2) is 0 Å². The molecule has 1 saturated carbocycles. The minimum absolute atomic E-state index is 0.0914. The third kappa shape index (κ3) is 3.58. The summed E-state index contributed by atoms with van der Waals surface area (Å²) in [5.41, 5.74) is 2.45. The first kappa shape index (κ1) is 20.1. The molecule has 0 radical (unpaired) electrons. The van der Waals surface area contributed by atoms with Crippen molar-refractivity contribution in [2.75, 3.05) is 33.7 Å². The molecule has 0 spiro atoms. The molecule has 1 aromatic carbocycles. The summed E-state index contributed by atoms with van der Waals surface area (Å²) >= 11 is 0. The van der Waals surface area contributed by atoms with Crippen LogP contribution in [-0.4, -0.2) is 62.5 Å². The number of rotatable bonds is 7. The smallest absolute Gasteiger partial charge is 0.278 e. The molecule has 1 heterocycles. The third-order valence-electron chi connectivity index (χ3n) is 7.35. The fourth-order valence-corrected chi connectivity index (χ4v) is 6.03. The van der Waals surface area contributed by atoms with Gasteiger partial charge in [0.05, 0.1) is 0 Å². The van der Waals surface area contributed by atoms with E-state index in [-0.39, 0.29) is 5.41 Å². The van der Waals surface area contributed by atoms with Gasteiger partial charge in [-0.1, -0.05) is 13.0 Å². The summed E-state index contributed by atoms with van der Waals surface area (Å²) in [6.07, 6.45) is 5.51. The Morgan fingerprint density at radius 3 is 2.75 bits per heavy atom. The van der Waals surface area contributed by atoms with E-state index in [0.29, 0.717) is 24.3 Å². The molecule has 0 aromatic heterocycles. The topological polar surface area (TPSA) is 72.9 Å². The van der Waals surface area contributed by atoms with Crippen LogP contribution < -0.4 is 4.72 Å². The standard InChI is InChI=1S/C21H33N3O3S/c1-15-20-12-17-6-7-18(25)13-19(17)21(15,8-10-22-28(26,27)23(2)3)9-11-24(20)14-16-4-5-16/h6-7,13,15-16,20,22,25H,4-5,8-12,14H2,1-3H3/t15-,20+,21?/m0/s1. The second-order valence-electron chi connectivity index (χ2n) is 9.18. The number of nitrogens with zero attached hydrogens (tertiary/aromatic N) is 2. The molecule has 156 valence electrons. The number of aromatic hydroxyl groups is 1. The molecule has 1 aromatic rings. The van der Waals surface area contributed by atoms with E-state index in [0.717, 1.165) is 31.7 Å². The molecule has 0 amide bonds. The number of hydrogen-bond acceptors (Lipinski definition) is 4. The maximum absolute atomic E-state index is 12.2. The molecule has 1 unspecified atom stereocenters. The Morgan fingerprint density at radius 2 is 2.07 bits per heavy atom. The van der Waals surface area contributed by atoms with E-state index in [1.165, 1.54) is 34.8 Å². The molecular formula is C21H33N3O3S. The van der Waals surface area contributed by atoms with Crippen LogP contribution in [-0.2, 0) is 22.0 Å². The zero-order valence-corrected chi connectivity index (χ0v) is 18.0. The highest BCUT2D eigenvalue weighted by atomic mass is 32.2. The molecule has 1 aliphatic heterocycles. The maximum Gasteiger partial charge on any atom is 0.278 e. The van der Waals surface area contributed by atoms with Crippen LogP contribution >= 0.6 is 0 Å². The van der Waals surface area contributed by atoms with Gasteiger partial charge in [-0.25, -0.2) is 4.72 Å². The fraction of sp³-hybridized carbons (Fsp3) is 0.714. The van der Waals surface area contributed by atoms with Crippen LogP contribution in [0.4, 0.5) is 0 Å². The van der Waals surface area contributed by atoms with Crippen molar-refractivity contribution in [1.29, 1.82) is 0 Å². The van der Waals surface area contributed by atoms with Gasteiger partial charge in [0.1, 0.15) is 5.75 Å². The molecule has 28 heavy (non-hydrogen) atoms. The summed E-state index contributed by atoms with van der Waals surface area (Å²) in [6.45, 7) is 5.00. The molecule has 2 N–H and O–H groups in total. The zero-order chi connectivity index (χ0) is 20.1. The first-order valence-corrected chi connectivity index (χ1v) is 11.9. The molecule has 2 fully saturated rings. The highest BCUT2D eigenvalue weighted by molar-refractivity contribution is 7.87. The first-order chi connectivity index (χ1) is 13.2. The quantitative estimate of drug-likeness (QED) is 0.726. The molecule has 3 aliphatic rings. The van der Waals surface area contributed by atoms with E-state index in [1.54, 1.807) is 20.2 Å². The van der Waals surface area contributed by atoms with Crippen LogP contribution in [0.1, 0.15) is 43.7 Å². The van der Waals surface area contributed by atoms with E-state index in [2.05, 4.69) is 22.6 Å². The molecule has 2 aliphatic carbocycles. The van der Waals surface area contributed by atoms with Gasteiger partial charge in [0.25, 0.3) is 10.2 Å². The van der Waals surface area contributed by atoms with Crippen molar-refractivity contribution in [3.63, 3.8) is 0 Å². The lowest BCUT2D eigenvalue weighted by Gasteiger charge is -2.56. The number of likely N-dealkylation sites (tertiary alicyclic amines) is 1. The summed E-state index contributed by atoms with van der Waals surface area (Å²) in [5.74, 6) is 1.60. The summed E-state index contributed by atoms with van der Waals surface area (Å²) in [4.78, 5) is 2.68. The van der Waals surface area contributed by atoms with Gasteiger partial charge in [-0.15, -0.1) is 0 Å². The Hall–Kier alpha value is -1.15. The van der Waals surface area contributed by atoms with Crippen LogP contribution in [0.2, 0.25) is 0 Å². The Bertz CT molecular complexity index is 837. The van der Waals surface area contributed by atoms with Gasteiger partial charge >= 0.3 is 0 Å². The number of phenolic OH excluding ortho intramolecular Hbond substituents is 1. The second-order valence-corrected chi connectivity index (χ2v) is 11.1. The molecule has 1 saturated heterocycles. The molecule has 3 atom stereocenters. The summed E-state index contributed by atoms with van der Waals surface area (Å²) in [5, 5.41) is 10.2. The highest BCUT2D eigenvalue weighted by Gasteiger charge is 2.51. The maximum atomic E-state index is 12.2. The molecule has 2 bridgehead atoms. The lowest BCUT2D eigenvalue weighted by Crippen LogP contribution is -2.60. The van der Waals surface area contributed by atoms with Crippen molar-refractivity contribution in [3.05, 3.63) is 29.3 Å². The first-order valence-electron chi connectivity index (χ1n) is 10.5. The van der Waals surface area contributed by atoms with Gasteiger partial charge in [0, 0.05) is 38.6 Å².